The summed E-state index contributed by atoms with van der Waals surface area (Å²) in [6, 6.07) is 1.37. The molecule has 0 bridgehead atoms. The van der Waals surface area contributed by atoms with E-state index in [4.69, 9.17) is 9.47 Å². The molecule has 0 N–H and O–H groups in total. The first-order valence-corrected chi connectivity index (χ1v) is 8.43. The molecule has 0 aliphatic heterocycles. The Bertz CT molecular complexity index is 689. The molecule has 1 aromatic heterocycles. The zero-order valence-electron chi connectivity index (χ0n) is 16.3. The minimum Gasteiger partial charge on any atom is -0.465 e. The van der Waals surface area contributed by atoms with Crippen molar-refractivity contribution in [3.05, 3.63) is 28.2 Å². The second-order valence-corrected chi connectivity index (χ2v) is 8.17. The Morgan fingerprint density at radius 1 is 1.04 bits per heavy atom. The predicted octanol–water partition coefficient (Wildman–Crippen LogP) is 3.09. The molecule has 0 aliphatic carbocycles. The van der Waals surface area contributed by atoms with Crippen molar-refractivity contribution in [3.8, 4) is 5.75 Å². The lowest BCUT2D eigenvalue weighted by atomic mass is 9.97. The highest BCUT2D eigenvalue weighted by molar-refractivity contribution is 5.78. The second-order valence-electron chi connectivity index (χ2n) is 8.17. The van der Waals surface area contributed by atoms with Gasteiger partial charge in [-0.15, -0.1) is 0 Å². The van der Waals surface area contributed by atoms with Gasteiger partial charge in [0.2, 0.25) is 5.43 Å². The lowest BCUT2D eigenvalue weighted by Gasteiger charge is -2.19. The quantitative estimate of drug-likeness (QED) is 0.602. The molecule has 1 heterocycles. The third kappa shape index (κ3) is 6.03. The van der Waals surface area contributed by atoms with Gasteiger partial charge in [-0.3, -0.25) is 14.4 Å². The van der Waals surface area contributed by atoms with Gasteiger partial charge in [-0.1, -0.05) is 0 Å². The Morgan fingerprint density at radius 2 is 1.60 bits per heavy atom. The van der Waals surface area contributed by atoms with E-state index < -0.39 is 16.8 Å². The van der Waals surface area contributed by atoms with Crippen molar-refractivity contribution >= 4 is 11.9 Å². The van der Waals surface area contributed by atoms with Crippen LogP contribution in [0.2, 0.25) is 0 Å². The fourth-order valence-electron chi connectivity index (χ4n) is 1.88. The maximum atomic E-state index is 12.1. The van der Waals surface area contributed by atoms with E-state index in [9.17, 15) is 14.4 Å². The molecule has 0 amide bonds. The molecule has 0 radical (unpaired) electrons. The van der Waals surface area contributed by atoms with Crippen LogP contribution in [0.5, 0.6) is 5.75 Å². The first-order chi connectivity index (χ1) is 11.3. The highest BCUT2D eigenvalue weighted by Crippen LogP contribution is 2.20. The maximum absolute atomic E-state index is 12.1. The summed E-state index contributed by atoms with van der Waals surface area (Å²) in [5.41, 5.74) is -0.972. The number of carbonyl (C=O) groups excluding carboxylic acids is 2. The molecular formula is C19H29NO5. The van der Waals surface area contributed by atoms with Crippen molar-refractivity contribution in [3.63, 3.8) is 0 Å². The number of pyridine rings is 1. The molecular weight excluding hydrogens is 322 g/mol. The number of nitrogens with zero attached hydrogens (tertiary/aromatic N) is 1. The zero-order valence-corrected chi connectivity index (χ0v) is 16.3. The normalized spacial score (nSPS) is 12.0. The average molecular weight is 351 g/mol. The van der Waals surface area contributed by atoms with E-state index in [0.717, 1.165) is 0 Å². The Labute approximate surface area is 149 Å². The molecule has 0 unspecified atom stereocenters. The highest BCUT2D eigenvalue weighted by Gasteiger charge is 2.26. The molecule has 0 aliphatic rings. The molecule has 25 heavy (non-hydrogen) atoms. The largest absolute Gasteiger partial charge is 0.465 e. The van der Waals surface area contributed by atoms with Crippen molar-refractivity contribution in [2.75, 3.05) is 6.61 Å². The summed E-state index contributed by atoms with van der Waals surface area (Å²) in [5.74, 6) is -0.650. The van der Waals surface area contributed by atoms with Crippen LogP contribution >= 0.6 is 0 Å². The average Bonchev–Trinajstić information content (AvgIpc) is 2.47. The number of esters is 2. The van der Waals surface area contributed by atoms with Gasteiger partial charge < -0.3 is 14.0 Å². The molecule has 0 fully saturated rings. The lowest BCUT2D eigenvalue weighted by molar-refractivity contribution is -0.153. The Kier molecular flexibility index (Phi) is 6.57. The highest BCUT2D eigenvalue weighted by atomic mass is 16.5. The first kappa shape index (κ1) is 20.9. The fraction of sp³-hybridized carbons (Fsp3) is 0.632. The predicted molar refractivity (Wildman–Crippen MR) is 95.6 cm³/mol. The number of hydrogen-bond acceptors (Lipinski definition) is 5. The molecule has 6 heteroatoms. The maximum Gasteiger partial charge on any atom is 0.316 e. The van der Waals surface area contributed by atoms with Crippen LogP contribution in [0.15, 0.2) is 17.1 Å². The third-order valence-electron chi connectivity index (χ3n) is 3.59. The number of aryl methyl sites for hydroxylation is 1. The number of carbonyl (C=O) groups is 2. The number of rotatable bonds is 5. The lowest BCUT2D eigenvalue weighted by Crippen LogP contribution is -2.28. The van der Waals surface area contributed by atoms with Gasteiger partial charge in [0.1, 0.15) is 0 Å². The van der Waals surface area contributed by atoms with E-state index in [2.05, 4.69) is 0 Å². The van der Waals surface area contributed by atoms with Crippen molar-refractivity contribution in [2.45, 2.75) is 61.4 Å². The monoisotopic (exact) mass is 351 g/mol. The Balaban J connectivity index is 2.77. The van der Waals surface area contributed by atoms with Crippen LogP contribution < -0.4 is 10.2 Å². The number of hydrogen-bond donors (Lipinski definition) is 0. The summed E-state index contributed by atoms with van der Waals surface area (Å²) < 4.78 is 12.4. The molecule has 0 saturated carbocycles. The molecule has 0 atom stereocenters. The van der Waals surface area contributed by atoms with E-state index in [-0.39, 0.29) is 17.1 Å². The van der Waals surface area contributed by atoms with Crippen LogP contribution in [0.4, 0.5) is 0 Å². The van der Waals surface area contributed by atoms with E-state index in [1.807, 2.05) is 4.57 Å². The van der Waals surface area contributed by atoms with Crippen LogP contribution in [-0.4, -0.2) is 23.1 Å². The molecule has 1 rings (SSSR count). The standard InChI is InChI=1S/C19H29NO5/c1-13-15(25-17(23)19(5,6)7)14(21)9-11-20(13)10-8-12-24-16(22)18(2,3)4/h9,11H,8,10,12H2,1-7H3. The fourth-order valence-corrected chi connectivity index (χ4v) is 1.88. The molecule has 1 aromatic rings. The molecule has 0 saturated heterocycles. The van der Waals surface area contributed by atoms with Crippen molar-refractivity contribution < 1.29 is 19.1 Å². The summed E-state index contributed by atoms with van der Waals surface area (Å²) in [5, 5.41) is 0. The van der Waals surface area contributed by atoms with E-state index in [0.29, 0.717) is 25.3 Å². The minimum absolute atomic E-state index is 0.0501. The summed E-state index contributed by atoms with van der Waals surface area (Å²) in [4.78, 5) is 35.8. The van der Waals surface area contributed by atoms with Gasteiger partial charge in [-0.2, -0.15) is 0 Å². The zero-order chi connectivity index (χ0) is 19.4. The van der Waals surface area contributed by atoms with Gasteiger partial charge in [-0.05, 0) is 54.9 Å². The molecule has 0 aromatic carbocycles. The summed E-state index contributed by atoms with van der Waals surface area (Å²) in [6.07, 6.45) is 2.25. The van der Waals surface area contributed by atoms with Crippen LogP contribution in [0.1, 0.15) is 53.7 Å². The second kappa shape index (κ2) is 7.85. The van der Waals surface area contributed by atoms with Gasteiger partial charge in [0, 0.05) is 18.8 Å². The van der Waals surface area contributed by atoms with Crippen LogP contribution in [0.25, 0.3) is 0 Å². The van der Waals surface area contributed by atoms with E-state index in [1.54, 1.807) is 54.7 Å². The van der Waals surface area contributed by atoms with Crippen LogP contribution in [0, 0.1) is 17.8 Å². The molecule has 6 nitrogen and oxygen atoms in total. The van der Waals surface area contributed by atoms with Crippen molar-refractivity contribution in [1.29, 1.82) is 0 Å². The van der Waals surface area contributed by atoms with E-state index >= 15 is 0 Å². The minimum atomic E-state index is -0.694. The SMILES string of the molecule is Cc1c(OC(=O)C(C)(C)C)c(=O)ccn1CCCOC(=O)C(C)(C)C. The van der Waals surface area contributed by atoms with Gasteiger partial charge >= 0.3 is 11.9 Å². The summed E-state index contributed by atoms with van der Waals surface area (Å²) >= 11 is 0. The van der Waals surface area contributed by atoms with E-state index in [1.165, 1.54) is 6.07 Å². The Hall–Kier alpha value is -2.11. The molecule has 0 spiro atoms. The van der Waals surface area contributed by atoms with Gasteiger partial charge in [0.25, 0.3) is 0 Å². The van der Waals surface area contributed by atoms with Crippen molar-refractivity contribution in [2.24, 2.45) is 10.8 Å². The summed E-state index contributed by atoms with van der Waals surface area (Å²) in [6.45, 7) is 13.2. The topological polar surface area (TPSA) is 74.6 Å². The number of ether oxygens (including phenoxy) is 2. The first-order valence-electron chi connectivity index (χ1n) is 8.43. The third-order valence-corrected chi connectivity index (χ3v) is 3.59. The van der Waals surface area contributed by atoms with Crippen LogP contribution in [0.3, 0.4) is 0 Å². The number of aromatic nitrogens is 1. The molecule has 140 valence electrons. The smallest absolute Gasteiger partial charge is 0.316 e. The Morgan fingerprint density at radius 3 is 2.12 bits per heavy atom. The van der Waals surface area contributed by atoms with Gasteiger partial charge in [0.15, 0.2) is 5.75 Å². The van der Waals surface area contributed by atoms with Gasteiger partial charge in [0.05, 0.1) is 23.1 Å². The van der Waals surface area contributed by atoms with Gasteiger partial charge in [-0.25, -0.2) is 0 Å². The summed E-state index contributed by atoms with van der Waals surface area (Å²) in [7, 11) is 0. The van der Waals surface area contributed by atoms with Crippen LogP contribution in [-0.2, 0) is 20.9 Å². The van der Waals surface area contributed by atoms with Crippen molar-refractivity contribution in [1.82, 2.24) is 4.57 Å².